The molecule has 1 heterocycles. The average molecular weight is 355 g/mol. The summed E-state index contributed by atoms with van der Waals surface area (Å²) in [6.07, 6.45) is 3.25. The number of benzene rings is 1. The molecule has 1 aliphatic rings. The molecule has 1 N–H and O–H groups in total. The van der Waals surface area contributed by atoms with Crippen molar-refractivity contribution < 1.29 is 9.53 Å². The fourth-order valence-electron chi connectivity index (χ4n) is 2.59. The van der Waals surface area contributed by atoms with Gasteiger partial charge in [0.25, 0.3) is 5.91 Å². The van der Waals surface area contributed by atoms with Crippen molar-refractivity contribution in [1.29, 1.82) is 0 Å². The number of ether oxygens (including phenoxy) is 1. The first-order valence-electron chi connectivity index (χ1n) is 7.58. The van der Waals surface area contributed by atoms with Crippen LogP contribution in [-0.2, 0) is 4.79 Å². The van der Waals surface area contributed by atoms with E-state index in [0.29, 0.717) is 5.75 Å². The third-order valence-electron chi connectivity index (χ3n) is 3.69. The van der Waals surface area contributed by atoms with Crippen LogP contribution in [-0.4, -0.2) is 43.1 Å². The van der Waals surface area contributed by atoms with Crippen molar-refractivity contribution in [2.75, 3.05) is 26.2 Å². The number of carbonyl (C=O) groups excluding carboxylic acids is 1. The third-order valence-corrected chi connectivity index (χ3v) is 4.34. The van der Waals surface area contributed by atoms with Gasteiger partial charge in [0.2, 0.25) is 0 Å². The zero-order chi connectivity index (χ0) is 15.1. The molecule has 1 aromatic rings. The number of rotatable bonds is 6. The molecule has 1 fully saturated rings. The lowest BCUT2D eigenvalue weighted by Crippen LogP contribution is -2.46. The van der Waals surface area contributed by atoms with Gasteiger partial charge in [-0.15, -0.1) is 0 Å². The fraction of sp³-hybridized carbons (Fsp3) is 0.562. The Hall–Kier alpha value is -1.07. The van der Waals surface area contributed by atoms with E-state index >= 15 is 0 Å². The summed E-state index contributed by atoms with van der Waals surface area (Å²) in [4.78, 5) is 14.4. The first-order chi connectivity index (χ1) is 10.2. The highest BCUT2D eigenvalue weighted by molar-refractivity contribution is 9.10. The maximum Gasteiger partial charge on any atom is 0.258 e. The van der Waals surface area contributed by atoms with Crippen LogP contribution in [0.1, 0.15) is 26.2 Å². The van der Waals surface area contributed by atoms with Crippen LogP contribution >= 0.6 is 15.9 Å². The summed E-state index contributed by atoms with van der Waals surface area (Å²) in [6.45, 7) is 5.57. The zero-order valence-corrected chi connectivity index (χ0v) is 14.1. The van der Waals surface area contributed by atoms with E-state index in [4.69, 9.17) is 4.74 Å². The maximum atomic E-state index is 11.9. The molecule has 4 nitrogen and oxygen atoms in total. The second-order valence-corrected chi connectivity index (χ2v) is 6.26. The Morgan fingerprint density at radius 2 is 2.10 bits per heavy atom. The molecule has 0 saturated carbocycles. The van der Waals surface area contributed by atoms with Crippen LogP contribution in [0.4, 0.5) is 0 Å². The number of halogens is 1. The number of carbonyl (C=O) groups is 1. The number of hydrogen-bond acceptors (Lipinski definition) is 3. The summed E-state index contributed by atoms with van der Waals surface area (Å²) in [6, 6.07) is 7.84. The Bertz CT molecular complexity index is 459. The Kier molecular flexibility index (Phi) is 6.51. The third kappa shape index (κ3) is 5.32. The van der Waals surface area contributed by atoms with E-state index in [1.165, 1.54) is 6.42 Å². The van der Waals surface area contributed by atoms with Crippen LogP contribution in [0.5, 0.6) is 5.75 Å². The molecule has 0 atom stereocenters. The highest BCUT2D eigenvalue weighted by Crippen LogP contribution is 2.23. The van der Waals surface area contributed by atoms with Crippen LogP contribution < -0.4 is 10.1 Å². The van der Waals surface area contributed by atoms with E-state index in [0.717, 1.165) is 36.9 Å². The fourth-order valence-corrected chi connectivity index (χ4v) is 2.99. The molecule has 1 aromatic carbocycles. The lowest BCUT2D eigenvalue weighted by Gasteiger charge is -2.32. The second kappa shape index (κ2) is 8.39. The minimum atomic E-state index is -0.0419. The molecule has 5 heteroatoms. The molecule has 2 rings (SSSR count). The predicted molar refractivity (Wildman–Crippen MR) is 87.5 cm³/mol. The number of hydrogen-bond donors (Lipinski definition) is 1. The van der Waals surface area contributed by atoms with Gasteiger partial charge in [-0.05, 0) is 53.9 Å². The monoisotopic (exact) mass is 354 g/mol. The summed E-state index contributed by atoms with van der Waals surface area (Å²) in [7, 11) is 0. The summed E-state index contributed by atoms with van der Waals surface area (Å²) >= 11 is 3.40. The van der Waals surface area contributed by atoms with Gasteiger partial charge in [0.1, 0.15) is 5.75 Å². The van der Waals surface area contributed by atoms with Crippen molar-refractivity contribution in [3.63, 3.8) is 0 Å². The molecule has 0 aliphatic carbocycles. The van der Waals surface area contributed by atoms with Crippen molar-refractivity contribution in [2.24, 2.45) is 0 Å². The largest absolute Gasteiger partial charge is 0.483 e. The quantitative estimate of drug-likeness (QED) is 0.853. The molecular formula is C16H23BrN2O2. The number of amides is 1. The van der Waals surface area contributed by atoms with Crippen LogP contribution in [0, 0.1) is 0 Å². The average Bonchev–Trinajstić information content (AvgIpc) is 2.49. The molecular weight excluding hydrogens is 332 g/mol. The zero-order valence-electron chi connectivity index (χ0n) is 12.5. The lowest BCUT2D eigenvalue weighted by atomic mass is 10.0. The number of para-hydroxylation sites is 1. The van der Waals surface area contributed by atoms with Gasteiger partial charge in [-0.3, -0.25) is 4.79 Å². The Morgan fingerprint density at radius 3 is 2.76 bits per heavy atom. The van der Waals surface area contributed by atoms with Gasteiger partial charge >= 0.3 is 0 Å². The molecule has 0 bridgehead atoms. The molecule has 1 aliphatic heterocycles. The first-order valence-corrected chi connectivity index (χ1v) is 8.37. The standard InChI is InChI=1S/C16H23BrN2O2/c1-2-9-19-10-7-13(8-11-19)18-16(20)12-21-15-6-4-3-5-14(15)17/h3-6,13H,2,7-12H2,1H3,(H,18,20). The minimum Gasteiger partial charge on any atom is -0.483 e. The molecule has 0 spiro atoms. The topological polar surface area (TPSA) is 41.6 Å². The van der Waals surface area contributed by atoms with Crippen molar-refractivity contribution in [2.45, 2.75) is 32.2 Å². The van der Waals surface area contributed by atoms with E-state index in [2.05, 4.69) is 33.1 Å². The summed E-state index contributed by atoms with van der Waals surface area (Å²) in [5.41, 5.74) is 0. The van der Waals surface area contributed by atoms with E-state index in [9.17, 15) is 4.79 Å². The van der Waals surface area contributed by atoms with Crippen LogP contribution in [0.2, 0.25) is 0 Å². The Labute approximate surface area is 135 Å². The smallest absolute Gasteiger partial charge is 0.258 e. The highest BCUT2D eigenvalue weighted by atomic mass is 79.9. The van der Waals surface area contributed by atoms with Gasteiger partial charge in [-0.25, -0.2) is 0 Å². The first kappa shape index (κ1) is 16.3. The molecule has 1 amide bonds. The van der Waals surface area contributed by atoms with Crippen molar-refractivity contribution in [3.05, 3.63) is 28.7 Å². The van der Waals surface area contributed by atoms with Gasteiger partial charge < -0.3 is 15.0 Å². The van der Waals surface area contributed by atoms with Crippen molar-refractivity contribution in [3.8, 4) is 5.75 Å². The Morgan fingerprint density at radius 1 is 1.38 bits per heavy atom. The minimum absolute atomic E-state index is 0.0419. The van der Waals surface area contributed by atoms with Crippen molar-refractivity contribution >= 4 is 21.8 Å². The molecule has 116 valence electrons. The maximum absolute atomic E-state index is 11.9. The van der Waals surface area contributed by atoms with Gasteiger partial charge in [-0.1, -0.05) is 19.1 Å². The molecule has 0 unspecified atom stereocenters. The summed E-state index contributed by atoms with van der Waals surface area (Å²) in [5.74, 6) is 0.658. The summed E-state index contributed by atoms with van der Waals surface area (Å²) < 4.78 is 6.40. The summed E-state index contributed by atoms with van der Waals surface area (Å²) in [5, 5.41) is 3.07. The van der Waals surface area contributed by atoms with E-state index < -0.39 is 0 Å². The number of nitrogens with zero attached hydrogens (tertiary/aromatic N) is 1. The lowest BCUT2D eigenvalue weighted by molar-refractivity contribution is -0.124. The normalized spacial score (nSPS) is 16.7. The molecule has 21 heavy (non-hydrogen) atoms. The van der Waals surface area contributed by atoms with Crippen LogP contribution in [0.3, 0.4) is 0 Å². The Balaban J connectivity index is 1.70. The van der Waals surface area contributed by atoms with Crippen molar-refractivity contribution in [1.82, 2.24) is 10.2 Å². The van der Waals surface area contributed by atoms with Gasteiger partial charge in [0.15, 0.2) is 6.61 Å². The molecule has 0 aromatic heterocycles. The SMILES string of the molecule is CCCN1CCC(NC(=O)COc2ccccc2Br)CC1. The predicted octanol–water partition coefficient (Wildman–Crippen LogP) is 2.82. The molecule has 1 saturated heterocycles. The number of piperidine rings is 1. The highest BCUT2D eigenvalue weighted by Gasteiger charge is 2.20. The van der Waals surface area contributed by atoms with Gasteiger partial charge in [0.05, 0.1) is 4.47 Å². The van der Waals surface area contributed by atoms with Gasteiger partial charge in [-0.2, -0.15) is 0 Å². The van der Waals surface area contributed by atoms with Gasteiger partial charge in [0, 0.05) is 19.1 Å². The van der Waals surface area contributed by atoms with E-state index in [1.807, 2.05) is 24.3 Å². The number of likely N-dealkylation sites (tertiary alicyclic amines) is 1. The van der Waals surface area contributed by atoms with E-state index in [1.54, 1.807) is 0 Å². The molecule has 0 radical (unpaired) electrons. The van der Waals surface area contributed by atoms with Crippen LogP contribution in [0.15, 0.2) is 28.7 Å². The van der Waals surface area contributed by atoms with E-state index in [-0.39, 0.29) is 18.6 Å². The van der Waals surface area contributed by atoms with Crippen LogP contribution in [0.25, 0.3) is 0 Å². The number of nitrogens with one attached hydrogen (secondary N) is 1. The second-order valence-electron chi connectivity index (χ2n) is 5.40.